The van der Waals surface area contributed by atoms with Gasteiger partial charge in [0.1, 0.15) is 11.4 Å². The maximum absolute atomic E-state index is 6.26. The van der Waals surface area contributed by atoms with E-state index in [-0.39, 0.29) is 5.60 Å². The Morgan fingerprint density at radius 2 is 2.10 bits per heavy atom. The van der Waals surface area contributed by atoms with Crippen LogP contribution in [-0.4, -0.2) is 5.60 Å². The molecule has 0 amide bonds. The minimum Gasteiger partial charge on any atom is -0.487 e. The molecular weight excluding hydrogens is 250 g/mol. The average molecular weight is 269 g/mol. The van der Waals surface area contributed by atoms with Crippen molar-refractivity contribution in [1.29, 1.82) is 0 Å². The lowest BCUT2D eigenvalue weighted by Gasteiger charge is -2.48. The van der Waals surface area contributed by atoms with Crippen LogP contribution in [0.25, 0.3) is 0 Å². The Balaban J connectivity index is 1.57. The van der Waals surface area contributed by atoms with Gasteiger partial charge in [0.15, 0.2) is 0 Å². The number of hydrogen-bond donors (Lipinski definition) is 1. The van der Waals surface area contributed by atoms with Crippen LogP contribution in [0.1, 0.15) is 42.9 Å². The van der Waals surface area contributed by atoms with E-state index in [1.54, 1.807) is 12.5 Å². The van der Waals surface area contributed by atoms with Crippen molar-refractivity contribution in [2.45, 2.75) is 43.9 Å². The summed E-state index contributed by atoms with van der Waals surface area (Å²) >= 11 is 0. The number of para-hydroxylation sites is 1. The van der Waals surface area contributed by atoms with E-state index in [0.717, 1.165) is 18.7 Å². The fourth-order valence-electron chi connectivity index (χ4n) is 3.31. The molecule has 3 nitrogen and oxygen atoms in total. The predicted molar refractivity (Wildman–Crippen MR) is 76.6 cm³/mol. The second-order valence-corrected chi connectivity index (χ2v) is 5.95. The van der Waals surface area contributed by atoms with Crippen LogP contribution in [0.15, 0.2) is 47.3 Å². The molecule has 1 fully saturated rings. The molecule has 1 unspecified atom stereocenters. The van der Waals surface area contributed by atoms with E-state index in [0.29, 0.717) is 6.04 Å². The first-order valence-electron chi connectivity index (χ1n) is 7.37. The Hall–Kier alpha value is -1.74. The second kappa shape index (κ2) is 4.67. The summed E-state index contributed by atoms with van der Waals surface area (Å²) in [4.78, 5) is 0. The molecule has 0 bridgehead atoms. The van der Waals surface area contributed by atoms with Gasteiger partial charge in [-0.05, 0) is 31.4 Å². The first-order valence-corrected chi connectivity index (χ1v) is 7.37. The van der Waals surface area contributed by atoms with Crippen LogP contribution in [0.2, 0.25) is 0 Å². The standard InChI is InChI=1S/C17H19NO2/c1-2-5-16-14(4-1)15(10-17(20-16)7-3-8-17)18-11-13-6-9-19-12-13/h1-2,4-6,9,12,15,18H,3,7-8,10-11H2. The highest BCUT2D eigenvalue weighted by molar-refractivity contribution is 5.39. The third-order valence-corrected chi connectivity index (χ3v) is 4.59. The number of nitrogens with one attached hydrogen (secondary N) is 1. The fraction of sp³-hybridized carbons (Fsp3) is 0.412. The average Bonchev–Trinajstić information content (AvgIpc) is 2.96. The van der Waals surface area contributed by atoms with Gasteiger partial charge in [0, 0.05) is 30.1 Å². The topological polar surface area (TPSA) is 34.4 Å². The molecule has 1 aromatic carbocycles. The fourth-order valence-corrected chi connectivity index (χ4v) is 3.31. The number of rotatable bonds is 3. The summed E-state index contributed by atoms with van der Waals surface area (Å²) < 4.78 is 11.4. The van der Waals surface area contributed by atoms with Gasteiger partial charge in [0.25, 0.3) is 0 Å². The zero-order chi connectivity index (χ0) is 13.4. The lowest BCUT2D eigenvalue weighted by atomic mass is 9.73. The Morgan fingerprint density at radius 3 is 2.85 bits per heavy atom. The summed E-state index contributed by atoms with van der Waals surface area (Å²) in [6.07, 6.45) is 8.26. The number of benzene rings is 1. The normalized spacial score (nSPS) is 22.9. The Labute approximate surface area is 118 Å². The highest BCUT2D eigenvalue weighted by Crippen LogP contribution is 2.48. The third kappa shape index (κ3) is 2.02. The number of furan rings is 1. The molecule has 2 aromatic rings. The zero-order valence-corrected chi connectivity index (χ0v) is 11.5. The lowest BCUT2D eigenvalue weighted by molar-refractivity contribution is -0.0371. The molecule has 2 heterocycles. The SMILES string of the molecule is c1ccc2c(c1)OC1(CCC1)CC2NCc1ccoc1. The molecule has 1 saturated carbocycles. The molecule has 0 radical (unpaired) electrons. The van der Waals surface area contributed by atoms with Crippen molar-refractivity contribution in [3.05, 3.63) is 54.0 Å². The van der Waals surface area contributed by atoms with Gasteiger partial charge in [-0.2, -0.15) is 0 Å². The molecular formula is C17H19NO2. The van der Waals surface area contributed by atoms with E-state index in [1.807, 2.05) is 6.07 Å². The van der Waals surface area contributed by atoms with Crippen molar-refractivity contribution >= 4 is 0 Å². The number of hydrogen-bond acceptors (Lipinski definition) is 3. The van der Waals surface area contributed by atoms with Crippen LogP contribution < -0.4 is 10.1 Å². The van der Waals surface area contributed by atoms with Crippen LogP contribution in [0.5, 0.6) is 5.75 Å². The van der Waals surface area contributed by atoms with E-state index in [4.69, 9.17) is 9.15 Å². The molecule has 1 aliphatic carbocycles. The van der Waals surface area contributed by atoms with Crippen molar-refractivity contribution < 1.29 is 9.15 Å². The van der Waals surface area contributed by atoms with E-state index in [2.05, 4.69) is 29.6 Å². The van der Waals surface area contributed by atoms with Crippen molar-refractivity contribution in [3.63, 3.8) is 0 Å². The van der Waals surface area contributed by atoms with Crippen LogP contribution in [0.3, 0.4) is 0 Å². The van der Waals surface area contributed by atoms with Crippen LogP contribution in [-0.2, 0) is 6.54 Å². The molecule has 2 aliphatic rings. The minimum absolute atomic E-state index is 0.0857. The van der Waals surface area contributed by atoms with E-state index < -0.39 is 0 Å². The first-order chi connectivity index (χ1) is 9.85. The molecule has 0 saturated heterocycles. The maximum Gasteiger partial charge on any atom is 0.124 e. The van der Waals surface area contributed by atoms with Gasteiger partial charge in [-0.25, -0.2) is 0 Å². The summed E-state index contributed by atoms with van der Waals surface area (Å²) in [5.74, 6) is 1.06. The minimum atomic E-state index is 0.0857. The molecule has 20 heavy (non-hydrogen) atoms. The maximum atomic E-state index is 6.26. The Kier molecular flexibility index (Phi) is 2.81. The van der Waals surface area contributed by atoms with Crippen LogP contribution >= 0.6 is 0 Å². The van der Waals surface area contributed by atoms with Gasteiger partial charge in [-0.1, -0.05) is 18.2 Å². The van der Waals surface area contributed by atoms with E-state index in [9.17, 15) is 0 Å². The summed E-state index contributed by atoms with van der Waals surface area (Å²) in [6, 6.07) is 10.8. The second-order valence-electron chi connectivity index (χ2n) is 5.95. The Bertz CT molecular complexity index is 587. The van der Waals surface area contributed by atoms with Crippen LogP contribution in [0.4, 0.5) is 0 Å². The highest BCUT2D eigenvalue weighted by Gasteiger charge is 2.45. The van der Waals surface area contributed by atoms with Crippen molar-refractivity contribution in [2.24, 2.45) is 0 Å². The van der Waals surface area contributed by atoms with Crippen molar-refractivity contribution in [3.8, 4) is 5.75 Å². The summed E-state index contributed by atoms with van der Waals surface area (Å²) in [5, 5.41) is 3.66. The van der Waals surface area contributed by atoms with Crippen molar-refractivity contribution in [1.82, 2.24) is 5.32 Å². The molecule has 1 spiro atoms. The van der Waals surface area contributed by atoms with Gasteiger partial charge in [0.05, 0.1) is 12.5 Å². The molecule has 104 valence electrons. The zero-order valence-electron chi connectivity index (χ0n) is 11.5. The van der Waals surface area contributed by atoms with Gasteiger partial charge in [-0.15, -0.1) is 0 Å². The Morgan fingerprint density at radius 1 is 1.20 bits per heavy atom. The number of ether oxygens (including phenoxy) is 1. The molecule has 4 rings (SSSR count). The van der Waals surface area contributed by atoms with Gasteiger partial charge in [-0.3, -0.25) is 0 Å². The smallest absolute Gasteiger partial charge is 0.124 e. The van der Waals surface area contributed by atoms with Crippen molar-refractivity contribution in [2.75, 3.05) is 0 Å². The van der Waals surface area contributed by atoms with Crippen LogP contribution in [0, 0.1) is 0 Å². The largest absolute Gasteiger partial charge is 0.487 e. The molecule has 1 aromatic heterocycles. The molecule has 3 heteroatoms. The first kappa shape index (κ1) is 12.0. The summed E-state index contributed by atoms with van der Waals surface area (Å²) in [5.41, 5.74) is 2.56. The third-order valence-electron chi connectivity index (χ3n) is 4.59. The van der Waals surface area contributed by atoms with Gasteiger partial charge in [0.2, 0.25) is 0 Å². The number of fused-ring (bicyclic) bond motifs is 1. The predicted octanol–water partition coefficient (Wildman–Crippen LogP) is 3.82. The van der Waals surface area contributed by atoms with Gasteiger partial charge < -0.3 is 14.5 Å². The lowest BCUT2D eigenvalue weighted by Crippen LogP contribution is -2.49. The molecule has 1 atom stereocenters. The van der Waals surface area contributed by atoms with Gasteiger partial charge >= 0.3 is 0 Å². The molecule has 1 aliphatic heterocycles. The summed E-state index contributed by atoms with van der Waals surface area (Å²) in [7, 11) is 0. The van der Waals surface area contributed by atoms with E-state index in [1.165, 1.54) is 30.4 Å². The monoisotopic (exact) mass is 269 g/mol. The quantitative estimate of drug-likeness (QED) is 0.920. The molecule has 1 N–H and O–H groups in total. The summed E-state index contributed by atoms with van der Waals surface area (Å²) in [6.45, 7) is 0.839. The highest BCUT2D eigenvalue weighted by atomic mass is 16.5. The van der Waals surface area contributed by atoms with E-state index >= 15 is 0 Å².